The summed E-state index contributed by atoms with van der Waals surface area (Å²) in [5.74, 6) is 0.234. The standard InChI is InChI=1S/C15H19F3N6/c1-22-7-8-23(13(9-22)12-5-3-2-4-6-12)10-14-19-20-21-24(14)11-15(16,17)18/h2-6,13H,7-11H2,1H3. The number of piperazine rings is 1. The van der Waals surface area contributed by atoms with E-state index in [0.717, 1.165) is 29.9 Å². The van der Waals surface area contributed by atoms with Gasteiger partial charge in [-0.25, -0.2) is 4.68 Å². The molecule has 1 aliphatic heterocycles. The quantitative estimate of drug-likeness (QED) is 0.848. The molecule has 0 radical (unpaired) electrons. The first-order valence-electron chi connectivity index (χ1n) is 7.72. The number of hydrogen-bond donors (Lipinski definition) is 0. The van der Waals surface area contributed by atoms with Gasteiger partial charge in [-0.2, -0.15) is 13.2 Å². The van der Waals surface area contributed by atoms with E-state index in [1.165, 1.54) is 0 Å². The summed E-state index contributed by atoms with van der Waals surface area (Å²) in [5, 5.41) is 10.7. The van der Waals surface area contributed by atoms with Crippen LogP contribution in [0.25, 0.3) is 0 Å². The van der Waals surface area contributed by atoms with E-state index in [-0.39, 0.29) is 18.4 Å². The Morgan fingerprint density at radius 1 is 1.17 bits per heavy atom. The number of alkyl halides is 3. The van der Waals surface area contributed by atoms with Crippen molar-refractivity contribution in [3.63, 3.8) is 0 Å². The van der Waals surface area contributed by atoms with E-state index in [1.54, 1.807) is 0 Å². The van der Waals surface area contributed by atoms with Crippen LogP contribution >= 0.6 is 0 Å². The highest BCUT2D eigenvalue weighted by Gasteiger charge is 2.32. The topological polar surface area (TPSA) is 50.1 Å². The molecular formula is C15H19F3N6. The molecule has 0 amide bonds. The molecule has 2 aromatic rings. The predicted molar refractivity (Wildman–Crippen MR) is 81.0 cm³/mol. The molecule has 0 spiro atoms. The van der Waals surface area contributed by atoms with E-state index in [2.05, 4.69) is 25.3 Å². The maximum atomic E-state index is 12.6. The maximum Gasteiger partial charge on any atom is 0.408 e. The van der Waals surface area contributed by atoms with Crippen LogP contribution in [0.2, 0.25) is 0 Å². The predicted octanol–water partition coefficient (Wildman–Crippen LogP) is 1.72. The third kappa shape index (κ3) is 4.09. The summed E-state index contributed by atoms with van der Waals surface area (Å²) in [4.78, 5) is 4.35. The first-order chi connectivity index (χ1) is 11.4. The van der Waals surface area contributed by atoms with Gasteiger partial charge in [-0.1, -0.05) is 30.3 Å². The summed E-state index contributed by atoms with van der Waals surface area (Å²) in [6.07, 6.45) is -4.34. The smallest absolute Gasteiger partial charge is 0.303 e. The van der Waals surface area contributed by atoms with Gasteiger partial charge in [-0.05, 0) is 23.0 Å². The molecule has 6 nitrogen and oxygen atoms in total. The van der Waals surface area contributed by atoms with Gasteiger partial charge in [0, 0.05) is 25.7 Å². The third-order valence-electron chi connectivity index (χ3n) is 4.16. The second-order valence-electron chi connectivity index (χ2n) is 6.03. The fraction of sp³-hybridized carbons (Fsp3) is 0.533. The van der Waals surface area contributed by atoms with Crippen molar-refractivity contribution in [1.29, 1.82) is 0 Å². The van der Waals surface area contributed by atoms with Gasteiger partial charge in [0.05, 0.1) is 6.54 Å². The van der Waals surface area contributed by atoms with Crippen molar-refractivity contribution in [3.8, 4) is 0 Å². The Bertz CT molecular complexity index is 657. The molecule has 2 heterocycles. The van der Waals surface area contributed by atoms with E-state index in [0.29, 0.717) is 0 Å². The molecule has 3 rings (SSSR count). The average molecular weight is 340 g/mol. The highest BCUT2D eigenvalue weighted by molar-refractivity contribution is 5.20. The average Bonchev–Trinajstić information content (AvgIpc) is 2.95. The van der Waals surface area contributed by atoms with Crippen LogP contribution in [0.3, 0.4) is 0 Å². The zero-order valence-corrected chi connectivity index (χ0v) is 13.3. The van der Waals surface area contributed by atoms with Crippen molar-refractivity contribution >= 4 is 0 Å². The van der Waals surface area contributed by atoms with Gasteiger partial charge >= 0.3 is 6.18 Å². The van der Waals surface area contributed by atoms with Crippen LogP contribution in [-0.4, -0.2) is 62.9 Å². The van der Waals surface area contributed by atoms with Crippen molar-refractivity contribution < 1.29 is 13.2 Å². The largest absolute Gasteiger partial charge is 0.408 e. The third-order valence-corrected chi connectivity index (χ3v) is 4.16. The van der Waals surface area contributed by atoms with Crippen LogP contribution in [0.1, 0.15) is 17.4 Å². The molecule has 24 heavy (non-hydrogen) atoms. The van der Waals surface area contributed by atoms with Gasteiger partial charge < -0.3 is 4.90 Å². The van der Waals surface area contributed by atoms with Crippen molar-refractivity contribution in [2.24, 2.45) is 0 Å². The van der Waals surface area contributed by atoms with E-state index in [9.17, 15) is 13.2 Å². The highest BCUT2D eigenvalue weighted by Crippen LogP contribution is 2.26. The Morgan fingerprint density at radius 2 is 1.92 bits per heavy atom. The SMILES string of the molecule is CN1CCN(Cc2nnnn2CC(F)(F)F)C(c2ccccc2)C1. The maximum absolute atomic E-state index is 12.6. The molecule has 1 atom stereocenters. The van der Waals surface area contributed by atoms with Crippen LogP contribution in [0.5, 0.6) is 0 Å². The van der Waals surface area contributed by atoms with Crippen molar-refractivity contribution in [2.75, 3.05) is 26.7 Å². The molecular weight excluding hydrogens is 321 g/mol. The molecule has 130 valence electrons. The summed E-state index contributed by atoms with van der Waals surface area (Å²) < 4.78 is 38.7. The summed E-state index contributed by atoms with van der Waals surface area (Å²) in [7, 11) is 2.04. The Hall–Kier alpha value is -2.00. The van der Waals surface area contributed by atoms with E-state index in [1.807, 2.05) is 37.4 Å². The lowest BCUT2D eigenvalue weighted by molar-refractivity contribution is -0.143. The minimum absolute atomic E-state index is 0.0981. The molecule has 1 unspecified atom stereocenters. The number of nitrogens with zero attached hydrogens (tertiary/aromatic N) is 6. The second-order valence-corrected chi connectivity index (χ2v) is 6.03. The minimum Gasteiger partial charge on any atom is -0.303 e. The van der Waals surface area contributed by atoms with Gasteiger partial charge in [0.1, 0.15) is 6.54 Å². The molecule has 0 saturated carbocycles. The van der Waals surface area contributed by atoms with Crippen LogP contribution in [-0.2, 0) is 13.1 Å². The summed E-state index contributed by atoms with van der Waals surface area (Å²) in [5.41, 5.74) is 1.14. The number of aromatic nitrogens is 4. The number of likely N-dealkylation sites (N-methyl/N-ethyl adjacent to an activating group) is 1. The number of halogens is 3. The Kier molecular flexibility index (Phi) is 4.81. The van der Waals surface area contributed by atoms with Crippen molar-refractivity contribution in [3.05, 3.63) is 41.7 Å². The van der Waals surface area contributed by atoms with Crippen LogP contribution < -0.4 is 0 Å². The fourth-order valence-corrected chi connectivity index (χ4v) is 2.95. The molecule has 0 N–H and O–H groups in total. The zero-order valence-electron chi connectivity index (χ0n) is 13.3. The molecule has 1 aromatic heterocycles. The highest BCUT2D eigenvalue weighted by atomic mass is 19.4. The van der Waals surface area contributed by atoms with Gasteiger partial charge in [-0.3, -0.25) is 4.90 Å². The fourth-order valence-electron chi connectivity index (χ4n) is 2.95. The molecule has 1 saturated heterocycles. The van der Waals surface area contributed by atoms with Crippen LogP contribution in [0.15, 0.2) is 30.3 Å². The van der Waals surface area contributed by atoms with Crippen LogP contribution in [0.4, 0.5) is 13.2 Å². The Morgan fingerprint density at radius 3 is 2.62 bits per heavy atom. The molecule has 9 heteroatoms. The molecule has 0 aliphatic carbocycles. The molecule has 1 fully saturated rings. The number of benzene rings is 1. The zero-order chi connectivity index (χ0) is 17.2. The summed E-state index contributed by atoms with van der Waals surface area (Å²) >= 11 is 0. The second kappa shape index (κ2) is 6.86. The Labute approximate surface area is 137 Å². The van der Waals surface area contributed by atoms with E-state index >= 15 is 0 Å². The number of rotatable bonds is 4. The number of hydrogen-bond acceptors (Lipinski definition) is 5. The van der Waals surface area contributed by atoms with Crippen molar-refractivity contribution in [2.45, 2.75) is 25.3 Å². The first kappa shape index (κ1) is 16.8. The Balaban J connectivity index is 1.79. The van der Waals surface area contributed by atoms with Crippen LogP contribution in [0, 0.1) is 0 Å². The lowest BCUT2D eigenvalue weighted by Crippen LogP contribution is -2.46. The summed E-state index contributed by atoms with van der Waals surface area (Å²) in [6.45, 7) is 1.53. The number of tetrazole rings is 1. The minimum atomic E-state index is -4.34. The lowest BCUT2D eigenvalue weighted by atomic mass is 10.0. The van der Waals surface area contributed by atoms with Gasteiger partial charge in [0.25, 0.3) is 0 Å². The summed E-state index contributed by atoms with van der Waals surface area (Å²) in [6, 6.07) is 10.1. The van der Waals surface area contributed by atoms with E-state index < -0.39 is 12.7 Å². The first-order valence-corrected chi connectivity index (χ1v) is 7.72. The van der Waals surface area contributed by atoms with Gasteiger partial charge in [0.15, 0.2) is 5.82 Å². The van der Waals surface area contributed by atoms with E-state index in [4.69, 9.17) is 0 Å². The monoisotopic (exact) mass is 340 g/mol. The lowest BCUT2D eigenvalue weighted by Gasteiger charge is -2.40. The molecule has 1 aliphatic rings. The van der Waals surface area contributed by atoms with Gasteiger partial charge in [0.2, 0.25) is 0 Å². The molecule has 1 aromatic carbocycles. The van der Waals surface area contributed by atoms with Crippen molar-refractivity contribution in [1.82, 2.24) is 30.0 Å². The normalized spacial score (nSPS) is 20.4. The molecule has 0 bridgehead atoms. The van der Waals surface area contributed by atoms with Gasteiger partial charge in [-0.15, -0.1) is 5.10 Å².